The van der Waals surface area contributed by atoms with Crippen molar-refractivity contribution in [1.82, 2.24) is 14.8 Å². The van der Waals surface area contributed by atoms with Gasteiger partial charge in [0, 0.05) is 26.2 Å². The van der Waals surface area contributed by atoms with Crippen molar-refractivity contribution in [3.63, 3.8) is 0 Å². The molecule has 0 radical (unpaired) electrons. The minimum Gasteiger partial charge on any atom is -0.497 e. The number of nitrogens with one attached hydrogen (secondary N) is 1. The average Bonchev–Trinajstić information content (AvgIpc) is 3.11. The second kappa shape index (κ2) is 8.26. The Morgan fingerprint density at radius 2 is 1.89 bits per heavy atom. The van der Waals surface area contributed by atoms with Crippen LogP contribution in [0.5, 0.6) is 5.75 Å². The summed E-state index contributed by atoms with van der Waals surface area (Å²) in [6, 6.07) is 15.4. The lowest BCUT2D eigenvalue weighted by Gasteiger charge is -2.37. The smallest absolute Gasteiger partial charge is 0.248 e. The van der Waals surface area contributed by atoms with Crippen LogP contribution in [0.1, 0.15) is 11.6 Å². The van der Waals surface area contributed by atoms with E-state index in [9.17, 15) is 4.79 Å². The lowest BCUT2D eigenvalue weighted by molar-refractivity contribution is -0.122. The van der Waals surface area contributed by atoms with Gasteiger partial charge in [-0.1, -0.05) is 41.7 Å². The summed E-state index contributed by atoms with van der Waals surface area (Å²) in [5.41, 5.74) is 1.87. The van der Waals surface area contributed by atoms with E-state index in [0.717, 1.165) is 47.7 Å². The van der Waals surface area contributed by atoms with Gasteiger partial charge < -0.3 is 15.0 Å². The molecule has 4 rings (SSSR count). The van der Waals surface area contributed by atoms with Gasteiger partial charge >= 0.3 is 0 Å². The number of carbonyl (C=O) groups excluding carboxylic acids is 1. The third kappa shape index (κ3) is 4.01. The number of likely N-dealkylation sites (N-methyl/N-ethyl adjacent to an activating group) is 1. The Labute approximate surface area is 168 Å². The zero-order valence-electron chi connectivity index (χ0n) is 16.1. The number of hydrogen-bond donors (Lipinski definition) is 1. The predicted octanol–water partition coefficient (Wildman–Crippen LogP) is 3.23. The van der Waals surface area contributed by atoms with Gasteiger partial charge in [-0.2, -0.15) is 0 Å². The Morgan fingerprint density at radius 3 is 2.61 bits per heavy atom. The van der Waals surface area contributed by atoms with Gasteiger partial charge in [-0.3, -0.25) is 9.69 Å². The maximum atomic E-state index is 13.3. The summed E-state index contributed by atoms with van der Waals surface area (Å²) < 4.78 is 6.27. The number of piperazine rings is 1. The molecule has 1 fully saturated rings. The number of thiazole rings is 1. The van der Waals surface area contributed by atoms with E-state index in [0.29, 0.717) is 5.13 Å². The molecule has 0 aliphatic carbocycles. The molecule has 1 atom stereocenters. The van der Waals surface area contributed by atoms with Crippen LogP contribution in [0.2, 0.25) is 0 Å². The first-order valence-corrected chi connectivity index (χ1v) is 10.2. The summed E-state index contributed by atoms with van der Waals surface area (Å²) in [6.07, 6.45) is 0. The molecule has 2 heterocycles. The third-order valence-electron chi connectivity index (χ3n) is 5.09. The van der Waals surface area contributed by atoms with Gasteiger partial charge in [-0.05, 0) is 30.8 Å². The van der Waals surface area contributed by atoms with E-state index in [1.165, 1.54) is 11.3 Å². The lowest BCUT2D eigenvalue weighted by atomic mass is 10.0. The second-order valence-electron chi connectivity index (χ2n) is 6.99. The van der Waals surface area contributed by atoms with Crippen molar-refractivity contribution in [2.45, 2.75) is 6.04 Å². The van der Waals surface area contributed by atoms with Gasteiger partial charge in [-0.25, -0.2) is 4.98 Å². The maximum absolute atomic E-state index is 13.3. The Morgan fingerprint density at radius 1 is 1.14 bits per heavy atom. The van der Waals surface area contributed by atoms with Crippen LogP contribution in [0, 0.1) is 0 Å². The number of benzene rings is 2. The molecule has 1 unspecified atom stereocenters. The summed E-state index contributed by atoms with van der Waals surface area (Å²) in [7, 11) is 3.76. The quantitative estimate of drug-likeness (QED) is 0.718. The first-order chi connectivity index (χ1) is 13.6. The largest absolute Gasteiger partial charge is 0.497 e. The zero-order chi connectivity index (χ0) is 19.5. The minimum atomic E-state index is -0.323. The zero-order valence-corrected chi connectivity index (χ0v) is 16.9. The van der Waals surface area contributed by atoms with Crippen molar-refractivity contribution in [2.24, 2.45) is 0 Å². The van der Waals surface area contributed by atoms with Crippen LogP contribution in [0.15, 0.2) is 48.5 Å². The monoisotopic (exact) mass is 396 g/mol. The fourth-order valence-corrected chi connectivity index (χ4v) is 4.40. The highest BCUT2D eigenvalue weighted by Crippen LogP contribution is 2.31. The van der Waals surface area contributed by atoms with Gasteiger partial charge in [0.2, 0.25) is 5.91 Å². The molecule has 0 saturated carbocycles. The third-order valence-corrected chi connectivity index (χ3v) is 6.03. The number of amides is 1. The highest BCUT2D eigenvalue weighted by atomic mass is 32.1. The first kappa shape index (κ1) is 18.9. The van der Waals surface area contributed by atoms with Gasteiger partial charge in [-0.15, -0.1) is 0 Å². The molecule has 1 N–H and O–H groups in total. The highest BCUT2D eigenvalue weighted by Gasteiger charge is 2.30. The van der Waals surface area contributed by atoms with Crippen molar-refractivity contribution in [1.29, 1.82) is 0 Å². The number of anilines is 1. The van der Waals surface area contributed by atoms with Crippen molar-refractivity contribution in [3.05, 3.63) is 54.1 Å². The van der Waals surface area contributed by atoms with Crippen molar-refractivity contribution < 1.29 is 9.53 Å². The van der Waals surface area contributed by atoms with Gasteiger partial charge in [0.1, 0.15) is 11.8 Å². The van der Waals surface area contributed by atoms with Crippen LogP contribution in [-0.2, 0) is 4.79 Å². The van der Waals surface area contributed by atoms with Crippen molar-refractivity contribution in [3.8, 4) is 5.75 Å². The molecular weight excluding hydrogens is 372 g/mol. The summed E-state index contributed by atoms with van der Waals surface area (Å²) in [6.45, 7) is 3.64. The van der Waals surface area contributed by atoms with Crippen LogP contribution < -0.4 is 10.1 Å². The topological polar surface area (TPSA) is 57.7 Å². The van der Waals surface area contributed by atoms with Crippen molar-refractivity contribution in [2.75, 3.05) is 45.7 Å². The molecule has 0 spiro atoms. The second-order valence-corrected chi connectivity index (χ2v) is 8.03. The molecule has 2 aromatic carbocycles. The van der Waals surface area contributed by atoms with Crippen LogP contribution in [-0.4, -0.2) is 61.0 Å². The Hall–Kier alpha value is -2.48. The van der Waals surface area contributed by atoms with Gasteiger partial charge in [0.15, 0.2) is 5.13 Å². The lowest BCUT2D eigenvalue weighted by Crippen LogP contribution is -2.48. The normalized spacial score (nSPS) is 16.8. The minimum absolute atomic E-state index is 0.0400. The van der Waals surface area contributed by atoms with E-state index in [1.807, 2.05) is 48.5 Å². The predicted molar refractivity (Wildman–Crippen MR) is 113 cm³/mol. The summed E-state index contributed by atoms with van der Waals surface area (Å²) in [5, 5.41) is 3.66. The SMILES string of the molecule is COc1ccc2nc(NC(=O)C(c3ccccc3)N3CCN(C)CC3)sc2c1. The van der Waals surface area contributed by atoms with E-state index < -0.39 is 0 Å². The summed E-state index contributed by atoms with van der Waals surface area (Å²) >= 11 is 1.46. The molecule has 7 heteroatoms. The first-order valence-electron chi connectivity index (χ1n) is 9.37. The van der Waals surface area contributed by atoms with Crippen LogP contribution in [0.25, 0.3) is 10.2 Å². The molecule has 1 saturated heterocycles. The van der Waals surface area contributed by atoms with Crippen LogP contribution in [0.4, 0.5) is 5.13 Å². The van der Waals surface area contributed by atoms with E-state index >= 15 is 0 Å². The van der Waals surface area contributed by atoms with Gasteiger partial charge in [0.25, 0.3) is 0 Å². The van der Waals surface area contributed by atoms with Crippen LogP contribution >= 0.6 is 11.3 Å². The molecule has 1 aliphatic heterocycles. The number of rotatable bonds is 5. The van der Waals surface area contributed by atoms with E-state index in [1.54, 1.807) is 7.11 Å². The molecule has 1 aliphatic rings. The Bertz CT molecular complexity index is 951. The number of methoxy groups -OCH3 is 1. The van der Waals surface area contributed by atoms with Crippen LogP contribution in [0.3, 0.4) is 0 Å². The summed E-state index contributed by atoms with van der Waals surface area (Å²) in [4.78, 5) is 22.4. The van der Waals surface area contributed by atoms with E-state index in [2.05, 4.69) is 27.1 Å². The molecular formula is C21H24N4O2S. The number of fused-ring (bicyclic) bond motifs is 1. The number of aromatic nitrogens is 1. The Kier molecular flexibility index (Phi) is 5.57. The molecule has 1 aromatic heterocycles. The number of carbonyl (C=O) groups is 1. The maximum Gasteiger partial charge on any atom is 0.248 e. The summed E-state index contributed by atoms with van der Waals surface area (Å²) in [5.74, 6) is 0.746. The fraction of sp³-hybridized carbons (Fsp3) is 0.333. The molecule has 1 amide bonds. The molecule has 146 valence electrons. The average molecular weight is 397 g/mol. The highest BCUT2D eigenvalue weighted by molar-refractivity contribution is 7.22. The van der Waals surface area contributed by atoms with E-state index in [4.69, 9.17) is 4.74 Å². The number of hydrogen-bond acceptors (Lipinski definition) is 6. The number of nitrogens with zero attached hydrogens (tertiary/aromatic N) is 3. The number of ether oxygens (including phenoxy) is 1. The molecule has 28 heavy (non-hydrogen) atoms. The Balaban J connectivity index is 1.58. The molecule has 0 bridgehead atoms. The van der Waals surface area contributed by atoms with Crippen molar-refractivity contribution >= 4 is 32.6 Å². The van der Waals surface area contributed by atoms with Gasteiger partial charge in [0.05, 0.1) is 17.3 Å². The standard InChI is InChI=1S/C21H24N4O2S/c1-24-10-12-25(13-11-24)19(15-6-4-3-5-7-15)20(26)23-21-22-17-9-8-16(27-2)14-18(17)28-21/h3-9,14,19H,10-13H2,1-2H3,(H,22,23,26). The molecule has 3 aromatic rings. The van der Waals surface area contributed by atoms with E-state index in [-0.39, 0.29) is 11.9 Å². The fourth-order valence-electron chi connectivity index (χ4n) is 3.50. The molecule has 6 nitrogen and oxygen atoms in total.